The molecule has 1 fully saturated rings. The SMILES string of the molecule is CN(C)C[C@@H]1OCCN(C(=O)c2ccc(-c3ccccc3)[nH]c2=O)[C@H]1c1ccccc1. The molecule has 3 aromatic rings. The van der Waals surface area contributed by atoms with E-state index in [1.807, 2.05) is 74.8 Å². The number of likely N-dealkylation sites (N-methyl/N-ethyl adjacent to an activating group) is 1. The highest BCUT2D eigenvalue weighted by Crippen LogP contribution is 2.31. The molecule has 0 unspecified atom stereocenters. The zero-order chi connectivity index (χ0) is 21.8. The van der Waals surface area contributed by atoms with Gasteiger partial charge in [0, 0.05) is 18.8 Å². The summed E-state index contributed by atoms with van der Waals surface area (Å²) in [7, 11) is 3.97. The molecule has 0 spiro atoms. The van der Waals surface area contributed by atoms with E-state index in [9.17, 15) is 9.59 Å². The Kier molecular flexibility index (Phi) is 6.30. The lowest BCUT2D eigenvalue weighted by molar-refractivity contribution is -0.0685. The number of amides is 1. The topological polar surface area (TPSA) is 65.6 Å². The fraction of sp³-hybridized carbons (Fsp3) is 0.280. The molecular weight excluding hydrogens is 390 g/mol. The van der Waals surface area contributed by atoms with E-state index in [4.69, 9.17) is 4.74 Å². The second-order valence-corrected chi connectivity index (χ2v) is 8.01. The number of rotatable bonds is 5. The van der Waals surface area contributed by atoms with Gasteiger partial charge in [0.1, 0.15) is 5.56 Å². The molecule has 1 amide bonds. The predicted octanol–water partition coefficient (Wildman–Crippen LogP) is 3.19. The number of hydrogen-bond donors (Lipinski definition) is 1. The molecule has 0 bridgehead atoms. The zero-order valence-electron chi connectivity index (χ0n) is 17.8. The van der Waals surface area contributed by atoms with Crippen molar-refractivity contribution in [2.45, 2.75) is 12.1 Å². The van der Waals surface area contributed by atoms with E-state index < -0.39 is 0 Å². The maximum atomic E-state index is 13.5. The van der Waals surface area contributed by atoms with Crippen LogP contribution in [0.15, 0.2) is 77.6 Å². The molecule has 1 aliphatic heterocycles. The summed E-state index contributed by atoms with van der Waals surface area (Å²) in [6, 6.07) is 22.6. The molecule has 6 nitrogen and oxygen atoms in total. The Morgan fingerprint density at radius 2 is 1.71 bits per heavy atom. The van der Waals surface area contributed by atoms with Crippen molar-refractivity contribution in [2.75, 3.05) is 33.8 Å². The third-order valence-corrected chi connectivity index (χ3v) is 5.52. The van der Waals surface area contributed by atoms with E-state index in [-0.39, 0.29) is 29.2 Å². The zero-order valence-corrected chi connectivity index (χ0v) is 17.8. The molecular formula is C25H27N3O3. The molecule has 2 atom stereocenters. The lowest BCUT2D eigenvalue weighted by atomic mass is 9.96. The number of nitrogens with zero attached hydrogens (tertiary/aromatic N) is 2. The van der Waals surface area contributed by atoms with Crippen LogP contribution in [-0.4, -0.2) is 60.6 Å². The number of H-pyrrole nitrogens is 1. The van der Waals surface area contributed by atoms with Gasteiger partial charge in [0.25, 0.3) is 11.5 Å². The molecule has 160 valence electrons. The first-order valence-corrected chi connectivity index (χ1v) is 10.5. The van der Waals surface area contributed by atoms with Gasteiger partial charge in [-0.15, -0.1) is 0 Å². The molecule has 1 aromatic heterocycles. The number of carbonyl (C=O) groups is 1. The number of aromatic amines is 1. The Morgan fingerprint density at radius 1 is 1.03 bits per heavy atom. The van der Waals surface area contributed by atoms with Crippen LogP contribution in [0.4, 0.5) is 0 Å². The van der Waals surface area contributed by atoms with Gasteiger partial charge in [-0.2, -0.15) is 0 Å². The normalized spacial score (nSPS) is 18.9. The van der Waals surface area contributed by atoms with Gasteiger partial charge in [0.15, 0.2) is 0 Å². The molecule has 4 rings (SSSR count). The summed E-state index contributed by atoms with van der Waals surface area (Å²) >= 11 is 0. The van der Waals surface area contributed by atoms with Crippen LogP contribution in [0, 0.1) is 0 Å². The van der Waals surface area contributed by atoms with Crippen LogP contribution in [0.25, 0.3) is 11.3 Å². The number of pyridine rings is 1. The maximum Gasteiger partial charge on any atom is 0.261 e. The minimum absolute atomic E-state index is 0.145. The third-order valence-electron chi connectivity index (χ3n) is 5.52. The average Bonchev–Trinajstić information content (AvgIpc) is 2.79. The summed E-state index contributed by atoms with van der Waals surface area (Å²) in [6.45, 7) is 1.54. The fourth-order valence-corrected chi connectivity index (χ4v) is 4.10. The monoisotopic (exact) mass is 417 g/mol. The van der Waals surface area contributed by atoms with E-state index >= 15 is 0 Å². The van der Waals surface area contributed by atoms with Gasteiger partial charge in [0.05, 0.1) is 18.8 Å². The standard InChI is InChI=1S/C25H27N3O3/c1-27(2)17-22-23(19-11-7-4-8-12-19)28(15-16-31-22)25(30)20-13-14-21(26-24(20)29)18-9-5-3-6-10-18/h3-14,22-23H,15-17H2,1-2H3,(H,26,29)/t22-,23-/m0/s1. The maximum absolute atomic E-state index is 13.5. The summed E-state index contributed by atoms with van der Waals surface area (Å²) < 4.78 is 6.06. The second kappa shape index (κ2) is 9.29. The molecule has 31 heavy (non-hydrogen) atoms. The summed E-state index contributed by atoms with van der Waals surface area (Å²) in [4.78, 5) is 33.1. The van der Waals surface area contributed by atoms with Crippen LogP contribution in [0.2, 0.25) is 0 Å². The summed E-state index contributed by atoms with van der Waals surface area (Å²) in [5.74, 6) is -0.276. The van der Waals surface area contributed by atoms with Gasteiger partial charge in [-0.1, -0.05) is 60.7 Å². The molecule has 1 aliphatic rings. The molecule has 1 saturated heterocycles. The largest absolute Gasteiger partial charge is 0.373 e. The quantitative estimate of drug-likeness (QED) is 0.693. The first-order valence-electron chi connectivity index (χ1n) is 10.5. The Morgan fingerprint density at radius 3 is 2.35 bits per heavy atom. The molecule has 0 radical (unpaired) electrons. The number of aromatic nitrogens is 1. The molecule has 0 saturated carbocycles. The van der Waals surface area contributed by atoms with Crippen molar-refractivity contribution in [3.05, 3.63) is 94.3 Å². The first-order chi connectivity index (χ1) is 15.0. The third kappa shape index (κ3) is 4.60. The van der Waals surface area contributed by atoms with Gasteiger partial charge in [0.2, 0.25) is 0 Å². The minimum atomic E-state index is -0.381. The van der Waals surface area contributed by atoms with E-state index in [1.165, 1.54) is 0 Å². The molecule has 6 heteroatoms. The minimum Gasteiger partial charge on any atom is -0.373 e. The van der Waals surface area contributed by atoms with E-state index in [1.54, 1.807) is 17.0 Å². The Balaban J connectivity index is 1.68. The summed E-state index contributed by atoms with van der Waals surface area (Å²) in [5, 5.41) is 0. The van der Waals surface area contributed by atoms with Crippen molar-refractivity contribution in [2.24, 2.45) is 0 Å². The number of morpholine rings is 1. The average molecular weight is 418 g/mol. The highest BCUT2D eigenvalue weighted by Gasteiger charge is 2.37. The van der Waals surface area contributed by atoms with E-state index in [0.717, 1.165) is 11.1 Å². The van der Waals surface area contributed by atoms with Gasteiger partial charge in [-0.25, -0.2) is 0 Å². The van der Waals surface area contributed by atoms with Crippen LogP contribution in [0.3, 0.4) is 0 Å². The van der Waals surface area contributed by atoms with E-state index in [0.29, 0.717) is 25.4 Å². The lowest BCUT2D eigenvalue weighted by Gasteiger charge is -2.42. The summed E-state index contributed by atoms with van der Waals surface area (Å²) in [6.07, 6.45) is -0.183. The Bertz CT molecular complexity index is 1080. The van der Waals surface area contributed by atoms with E-state index in [2.05, 4.69) is 9.88 Å². The van der Waals surface area contributed by atoms with Gasteiger partial charge in [-0.05, 0) is 37.4 Å². The summed E-state index contributed by atoms with van der Waals surface area (Å²) in [5.41, 5.74) is 2.35. The highest BCUT2D eigenvalue weighted by molar-refractivity contribution is 5.94. The Labute approximate surface area is 182 Å². The number of hydrogen-bond acceptors (Lipinski definition) is 4. The van der Waals surface area contributed by atoms with Crippen molar-refractivity contribution < 1.29 is 9.53 Å². The number of ether oxygens (including phenoxy) is 1. The molecule has 0 aliphatic carbocycles. The van der Waals surface area contributed by atoms with Crippen molar-refractivity contribution in [1.82, 2.24) is 14.8 Å². The van der Waals surface area contributed by atoms with Gasteiger partial charge in [-0.3, -0.25) is 9.59 Å². The van der Waals surface area contributed by atoms with Crippen molar-refractivity contribution in [3.8, 4) is 11.3 Å². The van der Waals surface area contributed by atoms with Crippen LogP contribution >= 0.6 is 0 Å². The van der Waals surface area contributed by atoms with Gasteiger partial charge < -0.3 is 19.5 Å². The first kappa shape index (κ1) is 21.0. The lowest BCUT2D eigenvalue weighted by Crippen LogP contribution is -2.51. The van der Waals surface area contributed by atoms with Crippen molar-refractivity contribution in [3.63, 3.8) is 0 Å². The smallest absolute Gasteiger partial charge is 0.261 e. The number of benzene rings is 2. The van der Waals surface area contributed by atoms with Crippen LogP contribution in [0.5, 0.6) is 0 Å². The second-order valence-electron chi connectivity index (χ2n) is 8.01. The predicted molar refractivity (Wildman–Crippen MR) is 121 cm³/mol. The number of carbonyl (C=O) groups excluding carboxylic acids is 1. The van der Waals surface area contributed by atoms with Crippen molar-refractivity contribution in [1.29, 1.82) is 0 Å². The highest BCUT2D eigenvalue weighted by atomic mass is 16.5. The molecule has 1 N–H and O–H groups in total. The van der Waals surface area contributed by atoms with Gasteiger partial charge >= 0.3 is 0 Å². The number of nitrogens with one attached hydrogen (secondary N) is 1. The van der Waals surface area contributed by atoms with Crippen LogP contribution in [0.1, 0.15) is 22.0 Å². The molecule has 2 aromatic carbocycles. The van der Waals surface area contributed by atoms with Crippen LogP contribution in [-0.2, 0) is 4.74 Å². The molecule has 2 heterocycles. The van der Waals surface area contributed by atoms with Crippen LogP contribution < -0.4 is 5.56 Å². The fourth-order valence-electron chi connectivity index (χ4n) is 4.10. The van der Waals surface area contributed by atoms with Crippen molar-refractivity contribution >= 4 is 5.91 Å². The Hall–Kier alpha value is -3.22.